The first-order valence-electron chi connectivity index (χ1n) is 5.90. The van der Waals surface area contributed by atoms with Crippen molar-refractivity contribution in [1.29, 1.82) is 0 Å². The number of amides is 1. The van der Waals surface area contributed by atoms with Gasteiger partial charge in [-0.2, -0.15) is 4.31 Å². The number of likely N-dealkylation sites (N-methyl/N-ethyl adjacent to an activating group) is 2. The molecule has 1 heterocycles. The molecule has 0 spiro atoms. The summed E-state index contributed by atoms with van der Waals surface area (Å²) in [6, 6.07) is 1.37. The van der Waals surface area contributed by atoms with Gasteiger partial charge in [0.1, 0.15) is 10.0 Å². The van der Waals surface area contributed by atoms with Crippen molar-refractivity contribution in [3.63, 3.8) is 0 Å². The summed E-state index contributed by atoms with van der Waals surface area (Å²) in [5, 5.41) is 2.43. The summed E-state index contributed by atoms with van der Waals surface area (Å²) in [5.41, 5.74) is 0. The number of hydrogen-bond acceptors (Lipinski definition) is 4. The van der Waals surface area contributed by atoms with Gasteiger partial charge in [-0.05, 0) is 28.9 Å². The number of pyridine rings is 1. The summed E-state index contributed by atoms with van der Waals surface area (Å²) in [5.74, 6) is -0.364. The Labute approximate surface area is 131 Å². The molecule has 20 heavy (non-hydrogen) atoms. The largest absolute Gasteiger partial charge is 0.355 e. The van der Waals surface area contributed by atoms with Crippen LogP contribution in [0.15, 0.2) is 21.6 Å². The molecule has 0 aliphatic heterocycles. The van der Waals surface area contributed by atoms with Crippen LogP contribution in [0.3, 0.4) is 0 Å². The smallest absolute Gasteiger partial charge is 0.246 e. The quantitative estimate of drug-likeness (QED) is 0.756. The molecule has 1 aromatic rings. The lowest BCUT2D eigenvalue weighted by Crippen LogP contribution is -2.40. The predicted molar refractivity (Wildman–Crippen MR) is 80.1 cm³/mol. The fourth-order valence-electron chi connectivity index (χ4n) is 1.50. The molecule has 1 aromatic heterocycles. The molecule has 0 bridgehead atoms. The molecule has 0 radical (unpaired) electrons. The molecule has 0 aromatic carbocycles. The van der Waals surface area contributed by atoms with E-state index in [0.29, 0.717) is 11.0 Å². The van der Waals surface area contributed by atoms with E-state index in [-0.39, 0.29) is 29.0 Å². The molecular weight excluding hydrogens is 370 g/mol. The van der Waals surface area contributed by atoms with Crippen LogP contribution in [0, 0.1) is 0 Å². The van der Waals surface area contributed by atoms with Crippen molar-refractivity contribution >= 4 is 43.5 Å². The van der Waals surface area contributed by atoms with Gasteiger partial charge in [0, 0.05) is 23.8 Å². The van der Waals surface area contributed by atoms with Crippen LogP contribution in [0.1, 0.15) is 13.8 Å². The SMILES string of the molecule is CCNC(=O)CN(CC)S(=O)(=O)c1cc(Br)cnc1Cl. The predicted octanol–water partition coefficient (Wildman–Crippen LogP) is 1.64. The minimum Gasteiger partial charge on any atom is -0.355 e. The van der Waals surface area contributed by atoms with Crippen LogP contribution in [-0.4, -0.2) is 43.2 Å². The maximum absolute atomic E-state index is 12.5. The minimum atomic E-state index is -3.87. The molecule has 0 saturated carbocycles. The zero-order chi connectivity index (χ0) is 15.3. The van der Waals surface area contributed by atoms with Gasteiger partial charge in [-0.3, -0.25) is 4.79 Å². The first-order chi connectivity index (χ1) is 9.32. The third-order valence-electron chi connectivity index (χ3n) is 2.44. The Bertz CT molecular complexity index is 595. The number of nitrogens with one attached hydrogen (secondary N) is 1. The number of aromatic nitrogens is 1. The summed E-state index contributed by atoms with van der Waals surface area (Å²) in [4.78, 5) is 15.2. The van der Waals surface area contributed by atoms with Gasteiger partial charge in [-0.15, -0.1) is 0 Å². The summed E-state index contributed by atoms with van der Waals surface area (Å²) in [6.45, 7) is 3.75. The molecule has 6 nitrogen and oxygen atoms in total. The summed E-state index contributed by atoms with van der Waals surface area (Å²) >= 11 is 8.99. The van der Waals surface area contributed by atoms with Crippen LogP contribution < -0.4 is 5.32 Å². The van der Waals surface area contributed by atoms with Gasteiger partial charge < -0.3 is 5.32 Å². The molecule has 1 rings (SSSR count). The summed E-state index contributed by atoms with van der Waals surface area (Å²) in [7, 11) is -3.87. The molecule has 1 amide bonds. The highest BCUT2D eigenvalue weighted by Crippen LogP contribution is 2.25. The van der Waals surface area contributed by atoms with E-state index >= 15 is 0 Å². The molecule has 112 valence electrons. The Morgan fingerprint density at radius 1 is 1.50 bits per heavy atom. The average Bonchev–Trinajstić information content (AvgIpc) is 2.38. The lowest BCUT2D eigenvalue weighted by atomic mass is 10.5. The van der Waals surface area contributed by atoms with Crippen LogP contribution in [0.25, 0.3) is 0 Å². The van der Waals surface area contributed by atoms with Crippen molar-refractivity contribution in [3.8, 4) is 0 Å². The van der Waals surface area contributed by atoms with Gasteiger partial charge in [-0.1, -0.05) is 18.5 Å². The van der Waals surface area contributed by atoms with Crippen LogP contribution in [0.4, 0.5) is 0 Å². The van der Waals surface area contributed by atoms with E-state index in [4.69, 9.17) is 11.6 Å². The second-order valence-electron chi connectivity index (χ2n) is 3.83. The Morgan fingerprint density at radius 2 is 2.15 bits per heavy atom. The Kier molecular flexibility index (Phi) is 6.38. The maximum atomic E-state index is 12.5. The zero-order valence-corrected chi connectivity index (χ0v) is 14.2. The molecular formula is C11H15BrClN3O3S. The number of halogens is 2. The third kappa shape index (κ3) is 4.15. The molecule has 0 saturated heterocycles. The first-order valence-corrected chi connectivity index (χ1v) is 8.51. The van der Waals surface area contributed by atoms with E-state index in [1.54, 1.807) is 13.8 Å². The molecule has 1 N–H and O–H groups in total. The number of rotatable bonds is 6. The van der Waals surface area contributed by atoms with Crippen LogP contribution >= 0.6 is 27.5 Å². The topological polar surface area (TPSA) is 79.4 Å². The standard InChI is InChI=1S/C11H15BrClN3O3S/c1-3-14-10(17)7-16(4-2)20(18,19)9-5-8(12)6-15-11(9)13/h5-6H,3-4,7H2,1-2H3,(H,14,17). The molecule has 0 aliphatic carbocycles. The zero-order valence-electron chi connectivity index (χ0n) is 11.1. The fourth-order valence-corrected chi connectivity index (χ4v) is 3.83. The minimum absolute atomic E-state index is 0.123. The first kappa shape index (κ1) is 17.4. The molecule has 0 atom stereocenters. The number of hydrogen-bond donors (Lipinski definition) is 1. The normalized spacial score (nSPS) is 11.7. The highest BCUT2D eigenvalue weighted by molar-refractivity contribution is 9.10. The Balaban J connectivity index is 3.12. The Hall–Kier alpha value is -0.700. The molecule has 9 heteroatoms. The number of sulfonamides is 1. The second-order valence-corrected chi connectivity index (χ2v) is 7.01. The summed E-state index contributed by atoms with van der Waals surface area (Å²) < 4.78 is 26.5. The van der Waals surface area contributed by atoms with Gasteiger partial charge in [0.2, 0.25) is 15.9 Å². The monoisotopic (exact) mass is 383 g/mol. The number of carbonyl (C=O) groups is 1. The van der Waals surface area contributed by atoms with E-state index in [9.17, 15) is 13.2 Å². The lowest BCUT2D eigenvalue weighted by molar-refractivity contribution is -0.121. The summed E-state index contributed by atoms with van der Waals surface area (Å²) in [6.07, 6.45) is 1.40. The van der Waals surface area contributed by atoms with Crippen molar-refractivity contribution in [1.82, 2.24) is 14.6 Å². The van der Waals surface area contributed by atoms with Crippen molar-refractivity contribution in [2.75, 3.05) is 19.6 Å². The molecule has 0 aliphatic rings. The second kappa shape index (κ2) is 7.35. The highest BCUT2D eigenvalue weighted by atomic mass is 79.9. The highest BCUT2D eigenvalue weighted by Gasteiger charge is 2.28. The van der Waals surface area contributed by atoms with Crippen molar-refractivity contribution < 1.29 is 13.2 Å². The lowest BCUT2D eigenvalue weighted by Gasteiger charge is -2.20. The van der Waals surface area contributed by atoms with E-state index in [1.807, 2.05) is 0 Å². The van der Waals surface area contributed by atoms with Crippen LogP contribution in [0.5, 0.6) is 0 Å². The fraction of sp³-hybridized carbons (Fsp3) is 0.455. The molecule has 0 unspecified atom stereocenters. The van der Waals surface area contributed by atoms with Gasteiger partial charge in [0.15, 0.2) is 0 Å². The van der Waals surface area contributed by atoms with E-state index in [1.165, 1.54) is 12.3 Å². The van der Waals surface area contributed by atoms with E-state index < -0.39 is 10.0 Å². The van der Waals surface area contributed by atoms with Crippen molar-refractivity contribution in [2.24, 2.45) is 0 Å². The van der Waals surface area contributed by atoms with Crippen LogP contribution in [0.2, 0.25) is 5.15 Å². The van der Waals surface area contributed by atoms with Crippen molar-refractivity contribution in [3.05, 3.63) is 21.9 Å². The van der Waals surface area contributed by atoms with Gasteiger partial charge in [0.05, 0.1) is 6.54 Å². The Morgan fingerprint density at radius 3 is 2.70 bits per heavy atom. The van der Waals surface area contributed by atoms with Gasteiger partial charge >= 0.3 is 0 Å². The van der Waals surface area contributed by atoms with Gasteiger partial charge in [-0.25, -0.2) is 13.4 Å². The van der Waals surface area contributed by atoms with Crippen molar-refractivity contribution in [2.45, 2.75) is 18.7 Å². The molecule has 0 fully saturated rings. The average molecular weight is 385 g/mol. The number of carbonyl (C=O) groups excluding carboxylic acids is 1. The van der Waals surface area contributed by atoms with E-state index in [0.717, 1.165) is 4.31 Å². The van der Waals surface area contributed by atoms with E-state index in [2.05, 4.69) is 26.2 Å². The third-order valence-corrected chi connectivity index (χ3v) is 5.22. The maximum Gasteiger partial charge on any atom is 0.246 e. The van der Waals surface area contributed by atoms with Gasteiger partial charge in [0.25, 0.3) is 0 Å². The van der Waals surface area contributed by atoms with Crippen LogP contribution in [-0.2, 0) is 14.8 Å². The number of nitrogens with zero attached hydrogens (tertiary/aromatic N) is 2.